The van der Waals surface area contributed by atoms with Crippen LogP contribution in [-0.4, -0.2) is 23.6 Å². The van der Waals surface area contributed by atoms with Gasteiger partial charge in [0, 0.05) is 30.8 Å². The van der Waals surface area contributed by atoms with Crippen LogP contribution < -0.4 is 16.2 Å². The smallest absolute Gasteiger partial charge is 0.250 e. The van der Waals surface area contributed by atoms with Crippen molar-refractivity contribution in [2.45, 2.75) is 38.3 Å². The fraction of sp³-hybridized carbons (Fsp3) is 0.308. The molecule has 168 valence electrons. The van der Waals surface area contributed by atoms with Crippen molar-refractivity contribution in [2.75, 3.05) is 13.1 Å². The summed E-state index contributed by atoms with van der Waals surface area (Å²) < 4.78 is 1.71. The quantitative estimate of drug-likeness (QED) is 0.254. The van der Waals surface area contributed by atoms with Gasteiger partial charge < -0.3 is 15.2 Å². The van der Waals surface area contributed by atoms with E-state index in [1.807, 2.05) is 12.3 Å². The van der Waals surface area contributed by atoms with Gasteiger partial charge in [-0.25, -0.2) is 4.99 Å². The van der Waals surface area contributed by atoms with Crippen molar-refractivity contribution in [3.05, 3.63) is 106 Å². The molecule has 0 bridgehead atoms. The van der Waals surface area contributed by atoms with Gasteiger partial charge in [-0.3, -0.25) is 4.79 Å². The van der Waals surface area contributed by atoms with Crippen LogP contribution in [0.5, 0.6) is 0 Å². The molecule has 1 saturated carbocycles. The Bertz CT molecular complexity index is 1070. The van der Waals surface area contributed by atoms with E-state index < -0.39 is 0 Å². The number of aliphatic imine (C=N–C) groups is 1. The predicted octanol–water partition coefficient (Wildman–Crippen LogP) is 4.30. The normalized spacial score (nSPS) is 14.3. The molecule has 1 aromatic heterocycles. The molecule has 0 aliphatic heterocycles. The maximum atomic E-state index is 11.9. The van der Waals surface area contributed by atoms with Gasteiger partial charge in [-0.1, -0.05) is 60.7 Å². The Morgan fingerprint density at radius 2 is 1.62 bits per heavy atom. The van der Waals surface area contributed by atoms with Gasteiger partial charge in [0.1, 0.15) is 0 Å². The molecule has 2 N–H and O–H groups in total. The van der Waals surface area contributed by atoms with Crippen LogP contribution in [0.1, 0.15) is 36.5 Å². The number of nitrogens with one attached hydrogen (secondary N) is 2. The highest BCUT2D eigenvalue weighted by Gasteiger charge is 2.43. The molecule has 0 saturated heterocycles. The molecule has 1 heterocycles. The molecule has 3 aromatic rings. The molecule has 32 heavy (non-hydrogen) atoms. The molecule has 6 heteroatoms. The number of nitrogens with zero attached hydrogens (tertiary/aromatic N) is 2. The Kier molecular flexibility index (Phi) is 8.50. The summed E-state index contributed by atoms with van der Waals surface area (Å²) in [5.74, 6) is 0.852. The van der Waals surface area contributed by atoms with Crippen LogP contribution in [0.2, 0.25) is 0 Å². The summed E-state index contributed by atoms with van der Waals surface area (Å²) in [4.78, 5) is 16.7. The first-order chi connectivity index (χ1) is 15.2. The Morgan fingerprint density at radius 3 is 2.28 bits per heavy atom. The zero-order valence-electron chi connectivity index (χ0n) is 18.5. The van der Waals surface area contributed by atoms with Gasteiger partial charge in [0.15, 0.2) is 5.96 Å². The number of halogens is 1. The number of pyridine rings is 1. The van der Waals surface area contributed by atoms with Crippen molar-refractivity contribution >= 4 is 29.9 Å². The van der Waals surface area contributed by atoms with Crippen LogP contribution in [0.15, 0.2) is 88.8 Å². The van der Waals surface area contributed by atoms with E-state index >= 15 is 0 Å². The standard InChI is InChI=1S/C26H30N4O.HI/c1-2-27-25(29-20-26(15-16-26)23-8-4-3-5-9-23)28-18-21-11-13-22(14-12-21)19-30-17-7-6-10-24(30)31;/h3-14,17H,2,15-16,18-20H2,1H3,(H2,27,28,29);1H. The Balaban J connectivity index is 0.00000289. The molecule has 0 atom stereocenters. The van der Waals surface area contributed by atoms with Gasteiger partial charge in [-0.05, 0) is 42.5 Å². The highest BCUT2D eigenvalue weighted by molar-refractivity contribution is 14.0. The lowest BCUT2D eigenvalue weighted by Crippen LogP contribution is -2.41. The molecule has 1 fully saturated rings. The number of hydrogen-bond donors (Lipinski definition) is 2. The van der Waals surface area contributed by atoms with Gasteiger partial charge in [0.2, 0.25) is 0 Å². The summed E-state index contributed by atoms with van der Waals surface area (Å²) in [6, 6.07) is 24.3. The Labute approximate surface area is 207 Å². The average molecular weight is 542 g/mol. The Hall–Kier alpha value is -2.61. The fourth-order valence-corrected chi connectivity index (χ4v) is 3.81. The minimum absolute atomic E-state index is 0. The number of hydrogen-bond acceptors (Lipinski definition) is 2. The van der Waals surface area contributed by atoms with Crippen molar-refractivity contribution in [3.63, 3.8) is 0 Å². The van der Waals surface area contributed by atoms with Gasteiger partial charge in [-0.2, -0.15) is 0 Å². The number of guanidine groups is 1. The monoisotopic (exact) mass is 542 g/mol. The lowest BCUT2D eigenvalue weighted by Gasteiger charge is -2.19. The van der Waals surface area contributed by atoms with Crippen LogP contribution >= 0.6 is 24.0 Å². The number of benzene rings is 2. The van der Waals surface area contributed by atoms with Crippen LogP contribution in [0, 0.1) is 0 Å². The average Bonchev–Trinajstić information content (AvgIpc) is 3.60. The SMILES string of the molecule is CCNC(=NCc1ccc(Cn2ccccc2=O)cc1)NCC1(c2ccccc2)CC1.I. The maximum absolute atomic E-state index is 11.9. The van der Waals surface area contributed by atoms with Crippen LogP contribution in [0.4, 0.5) is 0 Å². The van der Waals surface area contributed by atoms with Crippen LogP contribution in [0.25, 0.3) is 0 Å². The molecule has 0 spiro atoms. The second-order valence-corrected chi connectivity index (χ2v) is 8.18. The molecule has 5 nitrogen and oxygen atoms in total. The van der Waals surface area contributed by atoms with Gasteiger partial charge in [-0.15, -0.1) is 24.0 Å². The molecular formula is C26H31IN4O. The van der Waals surface area contributed by atoms with Crippen LogP contribution in [-0.2, 0) is 18.5 Å². The molecule has 1 aliphatic rings. The molecular weight excluding hydrogens is 511 g/mol. The van der Waals surface area contributed by atoms with E-state index in [1.165, 1.54) is 18.4 Å². The van der Waals surface area contributed by atoms with E-state index in [0.717, 1.165) is 30.2 Å². The zero-order chi connectivity index (χ0) is 21.5. The van der Waals surface area contributed by atoms with E-state index in [0.29, 0.717) is 13.1 Å². The fourth-order valence-electron chi connectivity index (χ4n) is 3.81. The predicted molar refractivity (Wildman–Crippen MR) is 142 cm³/mol. The third kappa shape index (κ3) is 6.22. The van der Waals surface area contributed by atoms with E-state index in [9.17, 15) is 4.79 Å². The molecule has 0 unspecified atom stereocenters. The second kappa shape index (κ2) is 11.3. The second-order valence-electron chi connectivity index (χ2n) is 8.18. The summed E-state index contributed by atoms with van der Waals surface area (Å²) in [7, 11) is 0. The first-order valence-electron chi connectivity index (χ1n) is 11.0. The van der Waals surface area contributed by atoms with Crippen molar-refractivity contribution in [1.29, 1.82) is 0 Å². The lowest BCUT2D eigenvalue weighted by molar-refractivity contribution is 0.646. The van der Waals surface area contributed by atoms with E-state index in [-0.39, 0.29) is 35.0 Å². The van der Waals surface area contributed by atoms with Crippen molar-refractivity contribution < 1.29 is 0 Å². The minimum Gasteiger partial charge on any atom is -0.357 e. The summed E-state index contributed by atoms with van der Waals surface area (Å²) in [6.07, 6.45) is 4.25. The maximum Gasteiger partial charge on any atom is 0.250 e. The third-order valence-electron chi connectivity index (χ3n) is 5.87. The van der Waals surface area contributed by atoms with E-state index in [4.69, 9.17) is 4.99 Å². The number of rotatable bonds is 8. The molecule has 2 aromatic carbocycles. The Morgan fingerprint density at radius 1 is 0.938 bits per heavy atom. The molecule has 0 radical (unpaired) electrons. The molecule has 4 rings (SSSR count). The first-order valence-corrected chi connectivity index (χ1v) is 11.0. The summed E-state index contributed by atoms with van der Waals surface area (Å²) in [5.41, 5.74) is 3.91. The highest BCUT2D eigenvalue weighted by Crippen LogP contribution is 2.47. The van der Waals surface area contributed by atoms with Crippen molar-refractivity contribution in [1.82, 2.24) is 15.2 Å². The van der Waals surface area contributed by atoms with Gasteiger partial charge in [0.05, 0.1) is 13.1 Å². The number of aromatic nitrogens is 1. The van der Waals surface area contributed by atoms with E-state index in [2.05, 4.69) is 72.2 Å². The largest absolute Gasteiger partial charge is 0.357 e. The lowest BCUT2D eigenvalue weighted by atomic mass is 9.96. The summed E-state index contributed by atoms with van der Waals surface area (Å²) >= 11 is 0. The highest BCUT2D eigenvalue weighted by atomic mass is 127. The molecule has 1 aliphatic carbocycles. The summed E-state index contributed by atoms with van der Waals surface area (Å²) in [5, 5.41) is 6.90. The van der Waals surface area contributed by atoms with Gasteiger partial charge in [0.25, 0.3) is 5.56 Å². The molecule has 0 amide bonds. The van der Waals surface area contributed by atoms with Crippen molar-refractivity contribution in [3.8, 4) is 0 Å². The summed E-state index contributed by atoms with van der Waals surface area (Å²) in [6.45, 7) is 5.00. The first kappa shape index (κ1) is 24.0. The third-order valence-corrected chi connectivity index (χ3v) is 5.87. The minimum atomic E-state index is 0. The van der Waals surface area contributed by atoms with Crippen LogP contribution in [0.3, 0.4) is 0 Å². The van der Waals surface area contributed by atoms with Crippen molar-refractivity contribution in [2.24, 2.45) is 4.99 Å². The zero-order valence-corrected chi connectivity index (χ0v) is 20.8. The van der Waals surface area contributed by atoms with E-state index in [1.54, 1.807) is 16.7 Å². The topological polar surface area (TPSA) is 58.4 Å². The van der Waals surface area contributed by atoms with Gasteiger partial charge >= 0.3 is 0 Å².